The second-order valence-corrected chi connectivity index (χ2v) is 4.80. The van der Waals surface area contributed by atoms with Crippen LogP contribution in [0.5, 0.6) is 0 Å². The van der Waals surface area contributed by atoms with Crippen molar-refractivity contribution in [3.63, 3.8) is 0 Å². The summed E-state index contributed by atoms with van der Waals surface area (Å²) in [4.78, 5) is 26.8. The molecule has 20 heavy (non-hydrogen) atoms. The van der Waals surface area contributed by atoms with Gasteiger partial charge in [-0.25, -0.2) is 4.79 Å². The molecular formula is C11H13BrN2O6. The van der Waals surface area contributed by atoms with Crippen LogP contribution in [0, 0.1) is 0 Å². The van der Waals surface area contributed by atoms with Gasteiger partial charge >= 0.3 is 5.69 Å². The molecule has 1 aliphatic heterocycles. The van der Waals surface area contributed by atoms with E-state index in [-0.39, 0.29) is 5.56 Å². The van der Waals surface area contributed by atoms with E-state index in [1.165, 1.54) is 17.3 Å². The number of aromatic amines is 1. The molecule has 110 valence electrons. The maximum Gasteiger partial charge on any atom is 0.330 e. The lowest BCUT2D eigenvalue weighted by Crippen LogP contribution is -2.38. The van der Waals surface area contributed by atoms with E-state index in [9.17, 15) is 19.8 Å². The summed E-state index contributed by atoms with van der Waals surface area (Å²) in [5.41, 5.74) is -1.20. The van der Waals surface area contributed by atoms with Gasteiger partial charge in [0.25, 0.3) is 5.56 Å². The van der Waals surface area contributed by atoms with Crippen LogP contribution in [0.2, 0.25) is 0 Å². The molecule has 0 spiro atoms. The largest absolute Gasteiger partial charge is 0.394 e. The Hall–Kier alpha value is -1.26. The minimum Gasteiger partial charge on any atom is -0.394 e. The van der Waals surface area contributed by atoms with E-state index in [1.54, 1.807) is 0 Å². The van der Waals surface area contributed by atoms with Gasteiger partial charge in [-0.3, -0.25) is 14.3 Å². The topological polar surface area (TPSA) is 125 Å². The molecular weight excluding hydrogens is 336 g/mol. The predicted octanol–water partition coefficient (Wildman–Crippen LogP) is -1.49. The van der Waals surface area contributed by atoms with Crippen molar-refractivity contribution >= 4 is 22.0 Å². The summed E-state index contributed by atoms with van der Waals surface area (Å²) >= 11 is 3.01. The Bertz CT molecular complexity index is 624. The zero-order valence-electron chi connectivity index (χ0n) is 10.1. The number of hydrogen-bond acceptors (Lipinski definition) is 6. The van der Waals surface area contributed by atoms with Gasteiger partial charge < -0.3 is 20.1 Å². The number of rotatable bonds is 3. The fourth-order valence-electron chi connectivity index (χ4n) is 1.99. The van der Waals surface area contributed by atoms with Crippen molar-refractivity contribution in [2.45, 2.75) is 24.5 Å². The lowest BCUT2D eigenvalue weighted by Gasteiger charge is -2.17. The zero-order valence-corrected chi connectivity index (χ0v) is 11.7. The van der Waals surface area contributed by atoms with Gasteiger partial charge in [0, 0.05) is 6.20 Å². The van der Waals surface area contributed by atoms with Crippen LogP contribution >= 0.6 is 15.9 Å². The SMILES string of the molecule is O=c1[nH]c(=O)n([C@H]2O[C@@H](CO)C(O)C2O)cc1/C=C/Br. The van der Waals surface area contributed by atoms with Gasteiger partial charge in [0.05, 0.1) is 12.2 Å². The molecule has 2 unspecified atom stereocenters. The lowest BCUT2D eigenvalue weighted by molar-refractivity contribution is -0.0550. The van der Waals surface area contributed by atoms with Gasteiger partial charge in [-0.15, -0.1) is 0 Å². The highest BCUT2D eigenvalue weighted by Crippen LogP contribution is 2.27. The molecule has 0 aliphatic carbocycles. The number of nitrogens with one attached hydrogen (secondary N) is 1. The summed E-state index contributed by atoms with van der Waals surface area (Å²) in [6.07, 6.45) is -2.27. The van der Waals surface area contributed by atoms with Crippen molar-refractivity contribution in [3.8, 4) is 0 Å². The quantitative estimate of drug-likeness (QED) is 0.527. The highest BCUT2D eigenvalue weighted by Gasteiger charge is 2.43. The Balaban J connectivity index is 2.46. The average molecular weight is 349 g/mol. The van der Waals surface area contributed by atoms with Crippen LogP contribution in [0.1, 0.15) is 11.8 Å². The van der Waals surface area contributed by atoms with E-state index in [1.807, 2.05) is 0 Å². The fourth-order valence-corrected chi connectivity index (χ4v) is 2.27. The number of halogens is 1. The molecule has 4 atom stereocenters. The summed E-state index contributed by atoms with van der Waals surface area (Å²) in [6.45, 7) is -0.499. The number of H-pyrrole nitrogens is 1. The van der Waals surface area contributed by atoms with Gasteiger partial charge in [0.1, 0.15) is 18.3 Å². The number of aliphatic hydroxyl groups excluding tert-OH is 3. The highest BCUT2D eigenvalue weighted by molar-refractivity contribution is 9.11. The summed E-state index contributed by atoms with van der Waals surface area (Å²) in [7, 11) is 0. The predicted molar refractivity (Wildman–Crippen MR) is 72.3 cm³/mol. The van der Waals surface area contributed by atoms with Gasteiger partial charge in [-0.05, 0) is 11.1 Å². The first-order valence-electron chi connectivity index (χ1n) is 5.74. The second-order valence-electron chi connectivity index (χ2n) is 4.27. The van der Waals surface area contributed by atoms with E-state index in [2.05, 4.69) is 20.9 Å². The minimum absolute atomic E-state index is 0.166. The first-order valence-corrected chi connectivity index (χ1v) is 6.66. The van der Waals surface area contributed by atoms with Crippen molar-refractivity contribution < 1.29 is 20.1 Å². The van der Waals surface area contributed by atoms with Crippen LogP contribution in [0.4, 0.5) is 0 Å². The maximum absolute atomic E-state index is 11.8. The Kier molecular flexibility index (Phi) is 4.55. The second kappa shape index (κ2) is 6.02. The molecule has 1 aliphatic rings. The summed E-state index contributed by atoms with van der Waals surface area (Å²) in [5, 5.41) is 28.5. The molecule has 0 aromatic carbocycles. The molecule has 0 amide bonds. The molecule has 8 nitrogen and oxygen atoms in total. The number of ether oxygens (including phenoxy) is 1. The van der Waals surface area contributed by atoms with Crippen molar-refractivity contribution in [2.24, 2.45) is 0 Å². The third kappa shape index (κ3) is 2.63. The minimum atomic E-state index is -1.39. The third-order valence-electron chi connectivity index (χ3n) is 3.03. The molecule has 9 heteroatoms. The Labute approximate surface area is 121 Å². The van der Waals surface area contributed by atoms with E-state index in [0.717, 1.165) is 4.57 Å². The Morgan fingerprint density at radius 1 is 1.40 bits per heavy atom. The van der Waals surface area contributed by atoms with E-state index >= 15 is 0 Å². The first-order chi connectivity index (χ1) is 9.49. The normalized spacial score (nSPS) is 30.2. The molecule has 0 bridgehead atoms. The number of aromatic nitrogens is 2. The molecule has 4 N–H and O–H groups in total. The van der Waals surface area contributed by atoms with E-state index < -0.39 is 42.4 Å². The Morgan fingerprint density at radius 3 is 2.65 bits per heavy atom. The van der Waals surface area contributed by atoms with Crippen molar-refractivity contribution in [2.75, 3.05) is 6.61 Å². The molecule has 0 saturated carbocycles. The average Bonchev–Trinajstić information content (AvgIpc) is 2.70. The van der Waals surface area contributed by atoms with Crippen LogP contribution in [-0.4, -0.2) is 49.8 Å². The monoisotopic (exact) mass is 348 g/mol. The van der Waals surface area contributed by atoms with E-state index in [0.29, 0.717) is 0 Å². The molecule has 1 aromatic heterocycles. The van der Waals surface area contributed by atoms with Crippen LogP contribution in [0.3, 0.4) is 0 Å². The molecule has 0 radical (unpaired) electrons. The van der Waals surface area contributed by atoms with Crippen LogP contribution < -0.4 is 11.2 Å². The summed E-state index contributed by atoms with van der Waals surface area (Å²) < 4.78 is 6.20. The number of nitrogens with zero attached hydrogens (tertiary/aromatic N) is 1. The number of aliphatic hydroxyl groups is 3. The molecule has 1 fully saturated rings. The first kappa shape index (κ1) is 15.1. The van der Waals surface area contributed by atoms with Crippen molar-refractivity contribution in [3.05, 3.63) is 37.6 Å². The van der Waals surface area contributed by atoms with Crippen molar-refractivity contribution in [1.29, 1.82) is 0 Å². The molecule has 2 rings (SSSR count). The lowest BCUT2D eigenvalue weighted by atomic mass is 10.1. The fraction of sp³-hybridized carbons (Fsp3) is 0.455. The molecule has 1 saturated heterocycles. The maximum atomic E-state index is 11.8. The zero-order chi connectivity index (χ0) is 14.9. The van der Waals surface area contributed by atoms with Crippen LogP contribution in [0.25, 0.3) is 6.08 Å². The van der Waals surface area contributed by atoms with Crippen molar-refractivity contribution in [1.82, 2.24) is 9.55 Å². The van der Waals surface area contributed by atoms with Gasteiger partial charge in [-0.2, -0.15) is 0 Å². The smallest absolute Gasteiger partial charge is 0.330 e. The van der Waals surface area contributed by atoms with E-state index in [4.69, 9.17) is 9.84 Å². The van der Waals surface area contributed by atoms with Crippen LogP contribution in [-0.2, 0) is 4.74 Å². The summed E-state index contributed by atoms with van der Waals surface area (Å²) in [6, 6.07) is 0. The molecule has 2 heterocycles. The van der Waals surface area contributed by atoms with Gasteiger partial charge in [0.15, 0.2) is 6.23 Å². The van der Waals surface area contributed by atoms with Gasteiger partial charge in [0.2, 0.25) is 0 Å². The Morgan fingerprint density at radius 2 is 2.10 bits per heavy atom. The third-order valence-corrected chi connectivity index (χ3v) is 3.29. The van der Waals surface area contributed by atoms with Crippen LogP contribution in [0.15, 0.2) is 20.8 Å². The van der Waals surface area contributed by atoms with Gasteiger partial charge in [-0.1, -0.05) is 15.9 Å². The number of hydrogen-bond donors (Lipinski definition) is 4. The highest BCUT2D eigenvalue weighted by atomic mass is 79.9. The molecule has 1 aromatic rings. The standard InChI is InChI=1S/C11H13BrN2O6/c12-2-1-5-3-14(11(19)13-9(5)18)10-8(17)7(16)6(4-15)20-10/h1-3,6-8,10,15-17H,4H2,(H,13,18,19)/b2-1+/t6-,7?,8?,10-/m0/s1. The summed E-state index contributed by atoms with van der Waals surface area (Å²) in [5.74, 6) is 0.